The maximum absolute atomic E-state index is 11.9. The molecule has 92 valence electrons. The average Bonchev–Trinajstić information content (AvgIpc) is 2.09. The Morgan fingerprint density at radius 1 is 1.50 bits per heavy atom. The van der Waals surface area contributed by atoms with Crippen LogP contribution >= 0.6 is 0 Å². The Morgan fingerprint density at radius 3 is 2.44 bits per heavy atom. The van der Waals surface area contributed by atoms with E-state index in [9.17, 15) is 9.59 Å². The molecule has 0 aromatic rings. The van der Waals surface area contributed by atoms with Crippen LogP contribution in [0.4, 0.5) is 4.79 Å². The van der Waals surface area contributed by atoms with Gasteiger partial charge >= 0.3 is 6.03 Å². The van der Waals surface area contributed by atoms with Crippen molar-refractivity contribution in [2.24, 2.45) is 11.7 Å². The second kappa shape index (κ2) is 5.16. The van der Waals surface area contributed by atoms with Gasteiger partial charge in [-0.05, 0) is 12.3 Å². The molecule has 1 fully saturated rings. The number of carbonyl (C=O) groups is 2. The van der Waals surface area contributed by atoms with Crippen LogP contribution in [0.2, 0.25) is 0 Å². The molecule has 1 atom stereocenters. The molecular formula is C10H19N3O3. The van der Waals surface area contributed by atoms with E-state index in [1.165, 1.54) is 4.90 Å². The summed E-state index contributed by atoms with van der Waals surface area (Å²) in [5, 5.41) is 11.5. The van der Waals surface area contributed by atoms with E-state index in [2.05, 4.69) is 5.32 Å². The number of primary amides is 1. The molecule has 0 aliphatic carbocycles. The molecule has 6 nitrogen and oxygen atoms in total. The van der Waals surface area contributed by atoms with Crippen molar-refractivity contribution in [3.05, 3.63) is 0 Å². The van der Waals surface area contributed by atoms with E-state index < -0.39 is 18.2 Å². The number of amides is 3. The minimum absolute atomic E-state index is 0.169. The number of urea groups is 1. The van der Waals surface area contributed by atoms with E-state index in [0.29, 0.717) is 19.5 Å². The molecule has 0 aromatic heterocycles. The first-order chi connectivity index (χ1) is 7.40. The quantitative estimate of drug-likeness (QED) is 0.593. The minimum Gasteiger partial charge on any atom is -0.389 e. The zero-order chi connectivity index (χ0) is 12.3. The largest absolute Gasteiger partial charge is 0.389 e. The van der Waals surface area contributed by atoms with Gasteiger partial charge in [0.25, 0.3) is 0 Å². The first-order valence-electron chi connectivity index (χ1n) is 5.43. The number of carbonyl (C=O) groups excluding carboxylic acids is 2. The predicted molar refractivity (Wildman–Crippen MR) is 58.5 cm³/mol. The Balaban J connectivity index is 2.53. The highest BCUT2D eigenvalue weighted by atomic mass is 16.3. The third-order valence-corrected chi connectivity index (χ3v) is 2.50. The number of rotatable bonds is 4. The molecule has 16 heavy (non-hydrogen) atoms. The second-order valence-corrected chi connectivity index (χ2v) is 4.59. The van der Waals surface area contributed by atoms with Gasteiger partial charge in [0.05, 0.1) is 6.10 Å². The number of nitrogens with zero attached hydrogens (tertiary/aromatic N) is 1. The van der Waals surface area contributed by atoms with Crippen molar-refractivity contribution in [3.8, 4) is 0 Å². The number of nitrogens with one attached hydrogen (secondary N) is 1. The molecule has 6 heteroatoms. The first kappa shape index (κ1) is 12.8. The molecule has 0 bridgehead atoms. The van der Waals surface area contributed by atoms with Gasteiger partial charge in [-0.15, -0.1) is 0 Å². The molecule has 0 saturated carbocycles. The van der Waals surface area contributed by atoms with Crippen molar-refractivity contribution in [1.82, 2.24) is 10.2 Å². The summed E-state index contributed by atoms with van der Waals surface area (Å²) in [6.45, 7) is 4.61. The molecule has 3 amide bonds. The lowest BCUT2D eigenvalue weighted by Crippen LogP contribution is -2.59. The number of nitrogens with two attached hydrogens (primary N) is 1. The zero-order valence-electron chi connectivity index (χ0n) is 9.64. The lowest BCUT2D eigenvalue weighted by atomic mass is 10.0. The highest BCUT2D eigenvalue weighted by Crippen LogP contribution is 2.13. The van der Waals surface area contributed by atoms with Gasteiger partial charge in [-0.25, -0.2) is 4.79 Å². The molecule has 1 rings (SSSR count). The summed E-state index contributed by atoms with van der Waals surface area (Å²) in [5.74, 6) is 0.116. The van der Waals surface area contributed by atoms with Crippen LogP contribution in [0, 0.1) is 5.92 Å². The molecule has 4 N–H and O–H groups in total. The van der Waals surface area contributed by atoms with Crippen LogP contribution in [0.3, 0.4) is 0 Å². The van der Waals surface area contributed by atoms with Gasteiger partial charge in [-0.2, -0.15) is 0 Å². The maximum Gasteiger partial charge on any atom is 0.312 e. The van der Waals surface area contributed by atoms with E-state index in [1.807, 2.05) is 13.8 Å². The van der Waals surface area contributed by atoms with E-state index in [0.717, 1.165) is 0 Å². The molecule has 0 radical (unpaired) electrons. The zero-order valence-corrected chi connectivity index (χ0v) is 9.64. The molecule has 1 heterocycles. The van der Waals surface area contributed by atoms with E-state index in [4.69, 9.17) is 10.8 Å². The van der Waals surface area contributed by atoms with Gasteiger partial charge in [-0.3, -0.25) is 4.79 Å². The monoisotopic (exact) mass is 229 g/mol. The smallest absolute Gasteiger partial charge is 0.312 e. The Morgan fingerprint density at radius 2 is 2.06 bits per heavy atom. The Hall–Kier alpha value is -1.30. The summed E-state index contributed by atoms with van der Waals surface area (Å²) in [7, 11) is 0. The van der Waals surface area contributed by atoms with Crippen molar-refractivity contribution in [2.75, 3.05) is 13.1 Å². The summed E-state index contributed by atoms with van der Waals surface area (Å²) in [6.07, 6.45) is 0.117. The second-order valence-electron chi connectivity index (χ2n) is 4.59. The molecule has 1 aliphatic heterocycles. The molecule has 0 spiro atoms. The first-order valence-corrected chi connectivity index (χ1v) is 5.43. The summed E-state index contributed by atoms with van der Waals surface area (Å²) >= 11 is 0. The van der Waals surface area contributed by atoms with E-state index >= 15 is 0 Å². The number of hydrogen-bond acceptors (Lipinski definition) is 3. The number of aliphatic hydroxyl groups is 1. The Bertz CT molecular complexity index is 274. The van der Waals surface area contributed by atoms with Crippen LogP contribution in [0.5, 0.6) is 0 Å². The Kier molecular flexibility index (Phi) is 4.12. The standard InChI is InChI=1S/C10H19N3O3/c1-6(2)3-8(12-10(11)16)9(15)13-4-7(14)5-13/h6-8,14H,3-5H2,1-2H3,(H3,11,12,16). The summed E-state index contributed by atoms with van der Waals surface area (Å²) in [5.41, 5.74) is 5.02. The molecule has 1 saturated heterocycles. The highest BCUT2D eigenvalue weighted by molar-refractivity contribution is 5.87. The van der Waals surface area contributed by atoms with Crippen molar-refractivity contribution in [1.29, 1.82) is 0 Å². The van der Waals surface area contributed by atoms with Gasteiger partial charge in [-0.1, -0.05) is 13.8 Å². The highest BCUT2D eigenvalue weighted by Gasteiger charge is 2.33. The van der Waals surface area contributed by atoms with Crippen LogP contribution in [-0.4, -0.2) is 47.2 Å². The van der Waals surface area contributed by atoms with E-state index in [1.54, 1.807) is 0 Å². The SMILES string of the molecule is CC(C)CC(NC(N)=O)C(=O)N1CC(O)C1. The fourth-order valence-corrected chi connectivity index (χ4v) is 1.72. The predicted octanol–water partition coefficient (Wildman–Crippen LogP) is -0.727. The minimum atomic E-state index is -0.694. The number of likely N-dealkylation sites (tertiary alicyclic amines) is 1. The summed E-state index contributed by atoms with van der Waals surface area (Å²) < 4.78 is 0. The van der Waals surface area contributed by atoms with E-state index in [-0.39, 0.29) is 11.8 Å². The third-order valence-electron chi connectivity index (χ3n) is 2.50. The fraction of sp³-hybridized carbons (Fsp3) is 0.800. The molecule has 1 aliphatic rings. The maximum atomic E-state index is 11.9. The number of hydrogen-bond donors (Lipinski definition) is 3. The average molecular weight is 229 g/mol. The third kappa shape index (κ3) is 3.37. The van der Waals surface area contributed by atoms with Gasteiger partial charge in [0.1, 0.15) is 6.04 Å². The van der Waals surface area contributed by atoms with Crippen LogP contribution in [0.25, 0.3) is 0 Å². The van der Waals surface area contributed by atoms with Crippen molar-refractivity contribution < 1.29 is 14.7 Å². The number of β-amino-alcohol motifs (C(OH)–C–C–N with tert-alkyl or cyclic N) is 1. The normalized spacial score (nSPS) is 18.1. The fourth-order valence-electron chi connectivity index (χ4n) is 1.72. The Labute approximate surface area is 94.8 Å². The number of aliphatic hydroxyl groups excluding tert-OH is 1. The lowest BCUT2D eigenvalue weighted by Gasteiger charge is -2.38. The molecular weight excluding hydrogens is 210 g/mol. The summed E-state index contributed by atoms with van der Waals surface area (Å²) in [6, 6.07) is -1.27. The van der Waals surface area contributed by atoms with Gasteiger partial charge in [0.2, 0.25) is 5.91 Å². The van der Waals surface area contributed by atoms with Crippen molar-refractivity contribution >= 4 is 11.9 Å². The lowest BCUT2D eigenvalue weighted by molar-refractivity contribution is -0.143. The van der Waals surface area contributed by atoms with Crippen LogP contribution in [0.15, 0.2) is 0 Å². The van der Waals surface area contributed by atoms with Gasteiger partial charge in [0.15, 0.2) is 0 Å². The molecule has 0 aromatic carbocycles. The van der Waals surface area contributed by atoms with Crippen LogP contribution in [0.1, 0.15) is 20.3 Å². The summed E-state index contributed by atoms with van der Waals surface area (Å²) in [4.78, 5) is 24.2. The van der Waals surface area contributed by atoms with Crippen LogP contribution < -0.4 is 11.1 Å². The van der Waals surface area contributed by atoms with Crippen molar-refractivity contribution in [3.63, 3.8) is 0 Å². The van der Waals surface area contributed by atoms with Crippen molar-refractivity contribution in [2.45, 2.75) is 32.4 Å². The molecule has 1 unspecified atom stereocenters. The van der Waals surface area contributed by atoms with Gasteiger partial charge in [0, 0.05) is 13.1 Å². The topological polar surface area (TPSA) is 95.7 Å². The van der Waals surface area contributed by atoms with Gasteiger partial charge < -0.3 is 21.1 Å². The van der Waals surface area contributed by atoms with Crippen LogP contribution in [-0.2, 0) is 4.79 Å².